The zero-order chi connectivity index (χ0) is 50.7. The van der Waals surface area contributed by atoms with Crippen LogP contribution in [0.2, 0.25) is 0 Å². The molecular formula is C53H82INO13. The zero-order valence-electron chi connectivity index (χ0n) is 42.5. The number of aliphatic hydroxyl groups excluding tert-OH is 2. The maximum atomic E-state index is 14.4. The fraction of sp³-hybridized carbons (Fsp3) is 0.755. The van der Waals surface area contributed by atoms with Gasteiger partial charge in [-0.2, -0.15) is 0 Å². The van der Waals surface area contributed by atoms with Crippen LogP contribution in [0.3, 0.4) is 0 Å². The highest BCUT2D eigenvalue weighted by Crippen LogP contribution is 2.38. The lowest BCUT2D eigenvalue weighted by Gasteiger charge is -2.42. The number of amides is 1. The van der Waals surface area contributed by atoms with E-state index in [2.05, 4.69) is 41.7 Å². The van der Waals surface area contributed by atoms with Gasteiger partial charge < -0.3 is 43.9 Å². The molecule has 0 aromatic rings. The number of piperidine rings is 1. The number of carbonyl (C=O) groups is 5. The van der Waals surface area contributed by atoms with Crippen molar-refractivity contribution in [2.75, 3.05) is 27.9 Å². The highest BCUT2D eigenvalue weighted by atomic mass is 127. The first-order valence-electron chi connectivity index (χ1n) is 24.9. The molecule has 3 fully saturated rings. The fourth-order valence-electron chi connectivity index (χ4n) is 10.4. The Morgan fingerprint density at radius 1 is 0.882 bits per heavy atom. The molecule has 14 nitrogen and oxygen atoms in total. The van der Waals surface area contributed by atoms with Gasteiger partial charge in [-0.15, -0.1) is 0 Å². The minimum absolute atomic E-state index is 0.0200. The summed E-state index contributed by atoms with van der Waals surface area (Å²) in [5.74, 6) is -7.99. The molecule has 2 bridgehead atoms. The number of ether oxygens (including phenoxy) is 5. The second-order valence-corrected chi connectivity index (χ2v) is 23.0. The van der Waals surface area contributed by atoms with Gasteiger partial charge in [0.25, 0.3) is 11.7 Å². The Labute approximate surface area is 419 Å². The van der Waals surface area contributed by atoms with Crippen molar-refractivity contribution in [1.29, 1.82) is 0 Å². The van der Waals surface area contributed by atoms with Crippen molar-refractivity contribution in [3.05, 3.63) is 47.6 Å². The third-order valence-corrected chi connectivity index (χ3v) is 15.7. The number of halogens is 1. The molecule has 0 radical (unpaired) electrons. The van der Waals surface area contributed by atoms with Crippen LogP contribution in [0.4, 0.5) is 0 Å². The lowest BCUT2D eigenvalue weighted by Crippen LogP contribution is -2.61. The lowest BCUT2D eigenvalue weighted by molar-refractivity contribution is -0.265. The fourth-order valence-corrected chi connectivity index (χ4v) is 10.8. The summed E-state index contributed by atoms with van der Waals surface area (Å²) < 4.78 is 29.2. The second-order valence-electron chi connectivity index (χ2n) is 20.7. The van der Waals surface area contributed by atoms with Crippen LogP contribution in [-0.4, -0.2) is 135 Å². The molecule has 0 spiro atoms. The molecule has 0 aromatic carbocycles. The summed E-state index contributed by atoms with van der Waals surface area (Å²) in [4.78, 5) is 72.2. The molecule has 3 aliphatic heterocycles. The first-order chi connectivity index (χ1) is 32.0. The molecule has 4 aliphatic rings. The number of Topliss-reactive ketones (excluding diaryl/α,β-unsaturated/α-hetero) is 3. The highest BCUT2D eigenvalue weighted by Gasteiger charge is 2.53. The van der Waals surface area contributed by atoms with E-state index in [0.29, 0.717) is 63.4 Å². The van der Waals surface area contributed by atoms with E-state index in [1.54, 1.807) is 41.1 Å². The molecule has 3 N–H and O–H groups in total. The van der Waals surface area contributed by atoms with Gasteiger partial charge in [-0.1, -0.05) is 93.7 Å². The Bertz CT molecular complexity index is 1860. The van der Waals surface area contributed by atoms with Gasteiger partial charge >= 0.3 is 5.97 Å². The van der Waals surface area contributed by atoms with Crippen LogP contribution in [-0.2, 0) is 47.7 Å². The predicted octanol–water partition coefficient (Wildman–Crippen LogP) is 7.37. The van der Waals surface area contributed by atoms with E-state index in [0.717, 1.165) is 12.0 Å². The standard InChI is InChI=1S/C53H82INO13/c1-31-21-23-52(8,54)22-14-15-32(2)43(64-9)29-39-19-17-37(7)53(63,68-39)49(60)50(61)55-24-13-12-16-40(55)51(62)67-44(34(4)27-38-18-20-41(56)45(28-38)65-10)30-42(57)33(3)26-36(6)47(59)48(66-11)46(58)35(5)25-31/h14-15,21-23,26,31,33-35,37-41,43-45,47-48,56,59,63H,12-13,16-20,24-25,27-30H2,1-11H3/b22-14+,23-21+,32-15?,36-26+/t31-,33-,34-,35-,37-,38+,39+,40+,41-,43+,44+,45-,47-,48+,52?,53-/m1/s1. The monoisotopic (exact) mass is 1070 g/mol. The van der Waals surface area contributed by atoms with Crippen LogP contribution < -0.4 is 0 Å². The highest BCUT2D eigenvalue weighted by molar-refractivity contribution is 14.1. The van der Waals surface area contributed by atoms with Crippen LogP contribution in [0.5, 0.6) is 0 Å². The number of methoxy groups -OCH3 is 3. The average molecular weight is 1070 g/mol. The smallest absolute Gasteiger partial charge is 0.329 e. The Morgan fingerprint density at radius 2 is 1.59 bits per heavy atom. The van der Waals surface area contributed by atoms with Crippen molar-refractivity contribution in [2.24, 2.45) is 35.5 Å². The molecular weight excluding hydrogens is 985 g/mol. The van der Waals surface area contributed by atoms with Crippen molar-refractivity contribution in [3.63, 3.8) is 0 Å². The predicted molar refractivity (Wildman–Crippen MR) is 268 cm³/mol. The van der Waals surface area contributed by atoms with Crippen molar-refractivity contribution in [2.45, 2.75) is 190 Å². The molecule has 384 valence electrons. The molecule has 15 heteroatoms. The quantitative estimate of drug-likeness (QED) is 0.0785. The van der Waals surface area contributed by atoms with Crippen molar-refractivity contribution in [1.82, 2.24) is 4.90 Å². The average Bonchev–Trinajstić information content (AvgIpc) is 3.30. The first-order valence-corrected chi connectivity index (χ1v) is 25.9. The molecule has 4 rings (SSSR count). The number of rotatable bonds is 6. The van der Waals surface area contributed by atoms with Gasteiger partial charge in [-0.3, -0.25) is 19.2 Å². The molecule has 1 amide bonds. The number of alkyl halides is 1. The molecule has 1 unspecified atom stereocenters. The molecule has 2 saturated heterocycles. The molecule has 16 atom stereocenters. The number of hydrogen-bond donors (Lipinski definition) is 3. The van der Waals surface area contributed by atoms with Crippen LogP contribution in [0, 0.1) is 35.5 Å². The number of fused-ring (bicyclic) bond motifs is 3. The van der Waals surface area contributed by atoms with E-state index in [1.165, 1.54) is 12.0 Å². The largest absolute Gasteiger partial charge is 0.460 e. The van der Waals surface area contributed by atoms with Crippen molar-refractivity contribution >= 4 is 51.8 Å². The van der Waals surface area contributed by atoms with Crippen molar-refractivity contribution < 1.29 is 63.0 Å². The number of carbonyl (C=O) groups excluding carboxylic acids is 5. The van der Waals surface area contributed by atoms with E-state index >= 15 is 0 Å². The van der Waals surface area contributed by atoms with Gasteiger partial charge in [-0.25, -0.2) is 4.79 Å². The summed E-state index contributed by atoms with van der Waals surface area (Å²) in [6, 6.07) is -1.14. The number of nitrogens with zero attached hydrogens (tertiary/aromatic N) is 1. The summed E-state index contributed by atoms with van der Waals surface area (Å²) >= 11 is 2.35. The number of aliphatic hydroxyl groups is 3. The van der Waals surface area contributed by atoms with E-state index in [4.69, 9.17) is 23.7 Å². The number of esters is 1. The Kier molecular flexibility index (Phi) is 22.3. The SMILES string of the molecule is CO[C@H]1C[C@@H]2CC[C@@H](C)[C@@](O)(O2)C(=O)C(=O)N2CCCC[C@H]2C(=O)O[C@H]([C@H](C)C[C@@H]2CC[C@@H](O)[C@H](OC)C2)CC(=O)[C@H](C)/C=C(\C)[C@@H](O)[C@@H](OC)C(=O)[C@H](C)C[C@H](C)/C=C/C(C)(I)/C=C/C=C1C. The van der Waals surface area contributed by atoms with E-state index in [-0.39, 0.29) is 58.2 Å². The summed E-state index contributed by atoms with van der Waals surface area (Å²) in [7, 11) is 4.54. The van der Waals surface area contributed by atoms with E-state index in [9.17, 15) is 39.3 Å². The van der Waals surface area contributed by atoms with Crippen LogP contribution in [0.1, 0.15) is 132 Å². The maximum absolute atomic E-state index is 14.4. The summed E-state index contributed by atoms with van der Waals surface area (Å²) in [6.45, 7) is 14.9. The minimum atomic E-state index is -2.44. The molecule has 3 heterocycles. The third kappa shape index (κ3) is 15.4. The van der Waals surface area contributed by atoms with Gasteiger partial charge in [-0.05, 0) is 114 Å². The number of allylic oxidation sites excluding steroid dienone is 6. The number of hydrogen-bond acceptors (Lipinski definition) is 13. The van der Waals surface area contributed by atoms with Crippen LogP contribution in [0.15, 0.2) is 47.6 Å². The van der Waals surface area contributed by atoms with E-state index < -0.39 is 83.9 Å². The Balaban J connectivity index is 1.72. The first kappa shape index (κ1) is 57.9. The van der Waals surface area contributed by atoms with E-state index in [1.807, 2.05) is 45.9 Å². The Hall–Kier alpha value is -2.64. The van der Waals surface area contributed by atoms with Gasteiger partial charge in [0.1, 0.15) is 30.1 Å². The zero-order valence-corrected chi connectivity index (χ0v) is 44.6. The van der Waals surface area contributed by atoms with Gasteiger partial charge in [0.05, 0.1) is 27.8 Å². The molecule has 0 aromatic heterocycles. The van der Waals surface area contributed by atoms with Crippen molar-refractivity contribution in [3.8, 4) is 0 Å². The summed E-state index contributed by atoms with van der Waals surface area (Å²) in [6.07, 6.45) is 11.7. The second kappa shape index (κ2) is 26.2. The lowest BCUT2D eigenvalue weighted by atomic mass is 9.78. The molecule has 1 aliphatic carbocycles. The van der Waals surface area contributed by atoms with Gasteiger partial charge in [0, 0.05) is 58.5 Å². The Morgan fingerprint density at radius 3 is 2.25 bits per heavy atom. The third-order valence-electron chi connectivity index (χ3n) is 15.0. The maximum Gasteiger partial charge on any atom is 0.329 e. The normalized spacial score (nSPS) is 40.8. The number of ketones is 3. The van der Waals surface area contributed by atoms with Crippen LogP contribution >= 0.6 is 22.6 Å². The molecule has 1 saturated carbocycles. The number of cyclic esters (lactones) is 1. The minimum Gasteiger partial charge on any atom is -0.460 e. The van der Waals surface area contributed by atoms with Gasteiger partial charge in [0.2, 0.25) is 5.79 Å². The molecule has 68 heavy (non-hydrogen) atoms. The topological polar surface area (TPSA) is 195 Å². The summed E-state index contributed by atoms with van der Waals surface area (Å²) in [5.41, 5.74) is 1.28. The summed E-state index contributed by atoms with van der Waals surface area (Å²) in [5, 5.41) is 34.0. The van der Waals surface area contributed by atoms with Crippen LogP contribution in [0.25, 0.3) is 0 Å². The van der Waals surface area contributed by atoms with Gasteiger partial charge in [0.15, 0.2) is 5.78 Å².